The van der Waals surface area contributed by atoms with Crippen LogP contribution in [0.5, 0.6) is 0 Å². The third kappa shape index (κ3) is 4.91. The highest BCUT2D eigenvalue weighted by molar-refractivity contribution is 5.78. The average Bonchev–Trinajstić information content (AvgIpc) is 2.90. The Morgan fingerprint density at radius 3 is 1.48 bits per heavy atom. The molecule has 0 radical (unpaired) electrons. The summed E-state index contributed by atoms with van der Waals surface area (Å²) >= 11 is 0. The Hall–Kier alpha value is -4.43. The largest absolute Gasteiger partial charge is 0.311 e. The van der Waals surface area contributed by atoms with E-state index < -0.39 is 0 Å². The minimum Gasteiger partial charge on any atom is -0.311 e. The lowest BCUT2D eigenvalue weighted by Crippen LogP contribution is -2.09. The quantitative estimate of drug-likeness (QED) is 0.254. The third-order valence-corrected chi connectivity index (χ3v) is 5.55. The number of aromatic nitrogens is 1. The molecular formula is C31H24N2. The van der Waals surface area contributed by atoms with Gasteiger partial charge >= 0.3 is 0 Å². The fourth-order valence-electron chi connectivity index (χ4n) is 3.85. The van der Waals surface area contributed by atoms with Crippen molar-refractivity contribution in [2.45, 2.75) is 0 Å². The Balaban J connectivity index is 1.36. The van der Waals surface area contributed by atoms with Crippen LogP contribution >= 0.6 is 0 Å². The molecule has 5 aromatic rings. The van der Waals surface area contributed by atoms with Crippen LogP contribution in [0.15, 0.2) is 134 Å². The predicted octanol–water partition coefficient (Wildman–Crippen LogP) is 8.39. The van der Waals surface area contributed by atoms with Gasteiger partial charge in [0.1, 0.15) is 0 Å². The number of nitrogens with zero attached hydrogens (tertiary/aromatic N) is 2. The minimum atomic E-state index is 1.13. The number of para-hydroxylation sites is 2. The van der Waals surface area contributed by atoms with Crippen LogP contribution in [-0.4, -0.2) is 4.98 Å². The van der Waals surface area contributed by atoms with E-state index in [0.29, 0.717) is 0 Å². The monoisotopic (exact) mass is 424 g/mol. The lowest BCUT2D eigenvalue weighted by molar-refractivity contribution is 1.28. The van der Waals surface area contributed by atoms with Crippen molar-refractivity contribution >= 4 is 29.2 Å². The van der Waals surface area contributed by atoms with E-state index in [4.69, 9.17) is 0 Å². The molecule has 2 heteroatoms. The zero-order valence-corrected chi connectivity index (χ0v) is 18.3. The van der Waals surface area contributed by atoms with Gasteiger partial charge in [-0.1, -0.05) is 91.0 Å². The Morgan fingerprint density at radius 1 is 0.455 bits per heavy atom. The third-order valence-electron chi connectivity index (χ3n) is 5.55. The molecule has 2 nitrogen and oxygen atoms in total. The second kappa shape index (κ2) is 9.80. The molecule has 0 aliphatic heterocycles. The molecule has 0 saturated carbocycles. The average molecular weight is 425 g/mol. The highest BCUT2D eigenvalue weighted by Crippen LogP contribution is 2.34. The zero-order chi connectivity index (χ0) is 22.3. The van der Waals surface area contributed by atoms with Crippen molar-refractivity contribution in [3.63, 3.8) is 0 Å². The molecule has 1 aromatic heterocycles. The molecule has 0 spiro atoms. The Morgan fingerprint density at radius 2 is 0.970 bits per heavy atom. The molecule has 0 aliphatic carbocycles. The summed E-state index contributed by atoms with van der Waals surface area (Å²) in [5, 5.41) is 0. The summed E-state index contributed by atoms with van der Waals surface area (Å²) in [7, 11) is 0. The summed E-state index contributed by atoms with van der Waals surface area (Å²) in [4.78, 5) is 6.47. The number of hydrogen-bond donors (Lipinski definition) is 0. The molecule has 5 rings (SSSR count). The van der Waals surface area contributed by atoms with Gasteiger partial charge in [-0.3, -0.25) is 4.98 Å². The summed E-state index contributed by atoms with van der Waals surface area (Å²) in [5.74, 6) is 0. The number of rotatable bonds is 6. The first kappa shape index (κ1) is 20.5. The van der Waals surface area contributed by atoms with Crippen molar-refractivity contribution < 1.29 is 0 Å². The lowest BCUT2D eigenvalue weighted by Gasteiger charge is -2.25. The van der Waals surface area contributed by atoms with E-state index in [2.05, 4.69) is 125 Å². The highest BCUT2D eigenvalue weighted by Gasteiger charge is 2.11. The van der Waals surface area contributed by atoms with Crippen LogP contribution in [0.3, 0.4) is 0 Å². The first-order valence-electron chi connectivity index (χ1n) is 11.1. The van der Waals surface area contributed by atoms with Gasteiger partial charge in [-0.05, 0) is 64.7 Å². The van der Waals surface area contributed by atoms with Crippen LogP contribution in [0.1, 0.15) is 11.1 Å². The first-order chi connectivity index (χ1) is 16.4. The highest BCUT2D eigenvalue weighted by atomic mass is 15.1. The van der Waals surface area contributed by atoms with E-state index in [-0.39, 0.29) is 0 Å². The number of anilines is 3. The van der Waals surface area contributed by atoms with Crippen molar-refractivity contribution in [3.05, 3.63) is 145 Å². The standard InChI is InChI=1S/C31H24N2/c1-3-9-29(10-4-1)33(30-11-5-2-6-12-30)31-21-17-26(18-22-31)14-13-25-15-19-27(20-16-25)28-8-7-23-32-24-28/h1-24H/b14-13+. The molecule has 33 heavy (non-hydrogen) atoms. The maximum Gasteiger partial charge on any atom is 0.0462 e. The van der Waals surface area contributed by atoms with Crippen molar-refractivity contribution in [3.8, 4) is 11.1 Å². The molecule has 4 aromatic carbocycles. The van der Waals surface area contributed by atoms with E-state index in [1.54, 1.807) is 6.20 Å². The van der Waals surface area contributed by atoms with Gasteiger partial charge in [0, 0.05) is 29.5 Å². The van der Waals surface area contributed by atoms with Gasteiger partial charge in [-0.25, -0.2) is 0 Å². The van der Waals surface area contributed by atoms with E-state index in [0.717, 1.165) is 28.2 Å². The summed E-state index contributed by atoms with van der Waals surface area (Å²) in [5.41, 5.74) is 8.04. The smallest absolute Gasteiger partial charge is 0.0462 e. The molecular weight excluding hydrogens is 400 g/mol. The van der Waals surface area contributed by atoms with Gasteiger partial charge in [0.05, 0.1) is 0 Å². The number of hydrogen-bond acceptors (Lipinski definition) is 2. The van der Waals surface area contributed by atoms with Crippen LogP contribution < -0.4 is 4.90 Å². The van der Waals surface area contributed by atoms with Crippen molar-refractivity contribution in [1.29, 1.82) is 0 Å². The summed E-state index contributed by atoms with van der Waals surface area (Å²) in [6.07, 6.45) is 7.98. The Bertz CT molecular complexity index is 1270. The van der Waals surface area contributed by atoms with Crippen LogP contribution in [0.2, 0.25) is 0 Å². The van der Waals surface area contributed by atoms with Gasteiger partial charge in [0.15, 0.2) is 0 Å². The molecule has 1 heterocycles. The van der Waals surface area contributed by atoms with Crippen LogP contribution in [0.4, 0.5) is 17.1 Å². The van der Waals surface area contributed by atoms with E-state index in [1.807, 2.05) is 24.4 Å². The summed E-state index contributed by atoms with van der Waals surface area (Å²) in [6.45, 7) is 0. The molecule has 0 atom stereocenters. The Kier molecular flexibility index (Phi) is 6.08. The molecule has 0 aliphatic rings. The zero-order valence-electron chi connectivity index (χ0n) is 18.3. The molecule has 0 amide bonds. The first-order valence-corrected chi connectivity index (χ1v) is 11.1. The minimum absolute atomic E-state index is 1.13. The van der Waals surface area contributed by atoms with E-state index in [1.165, 1.54) is 11.1 Å². The SMILES string of the molecule is C(=C\c1ccc(N(c2ccccc2)c2ccccc2)cc1)/c1ccc(-c2cccnc2)cc1. The molecule has 0 N–H and O–H groups in total. The second-order valence-corrected chi connectivity index (χ2v) is 7.80. The fourth-order valence-corrected chi connectivity index (χ4v) is 3.85. The fraction of sp³-hybridized carbons (Fsp3) is 0. The van der Waals surface area contributed by atoms with Crippen LogP contribution in [0.25, 0.3) is 23.3 Å². The van der Waals surface area contributed by atoms with Gasteiger partial charge in [-0.15, -0.1) is 0 Å². The van der Waals surface area contributed by atoms with Crippen molar-refractivity contribution in [2.24, 2.45) is 0 Å². The van der Waals surface area contributed by atoms with Gasteiger partial charge in [0.2, 0.25) is 0 Å². The summed E-state index contributed by atoms with van der Waals surface area (Å²) < 4.78 is 0. The second-order valence-electron chi connectivity index (χ2n) is 7.80. The van der Waals surface area contributed by atoms with Crippen LogP contribution in [-0.2, 0) is 0 Å². The van der Waals surface area contributed by atoms with Crippen LogP contribution in [0, 0.1) is 0 Å². The molecule has 0 saturated heterocycles. The predicted molar refractivity (Wildman–Crippen MR) is 140 cm³/mol. The Labute approximate surface area is 195 Å². The van der Waals surface area contributed by atoms with Gasteiger partial charge in [-0.2, -0.15) is 0 Å². The molecule has 0 unspecified atom stereocenters. The number of pyridine rings is 1. The molecule has 158 valence electrons. The molecule has 0 fully saturated rings. The topological polar surface area (TPSA) is 16.1 Å². The normalized spacial score (nSPS) is 10.9. The maximum atomic E-state index is 4.20. The van der Waals surface area contributed by atoms with E-state index in [9.17, 15) is 0 Å². The van der Waals surface area contributed by atoms with Gasteiger partial charge in [0.25, 0.3) is 0 Å². The summed E-state index contributed by atoms with van der Waals surface area (Å²) in [6, 6.07) is 42.2. The van der Waals surface area contributed by atoms with Crippen molar-refractivity contribution in [2.75, 3.05) is 4.90 Å². The molecule has 0 bridgehead atoms. The van der Waals surface area contributed by atoms with Gasteiger partial charge < -0.3 is 4.90 Å². The maximum absolute atomic E-state index is 4.20. The lowest BCUT2D eigenvalue weighted by atomic mass is 10.0. The number of benzene rings is 4. The van der Waals surface area contributed by atoms with E-state index >= 15 is 0 Å². The van der Waals surface area contributed by atoms with Crippen molar-refractivity contribution in [1.82, 2.24) is 4.98 Å².